The number of hydrogen-bond acceptors (Lipinski definition) is 3. The van der Waals surface area contributed by atoms with E-state index in [1.807, 2.05) is 25.7 Å². The lowest BCUT2D eigenvalue weighted by molar-refractivity contribution is 0.00586. The number of amides is 1. The van der Waals surface area contributed by atoms with Crippen LogP contribution in [0.5, 0.6) is 0 Å². The van der Waals surface area contributed by atoms with Crippen molar-refractivity contribution in [2.75, 3.05) is 26.2 Å². The van der Waals surface area contributed by atoms with Crippen molar-refractivity contribution in [3.63, 3.8) is 0 Å². The van der Waals surface area contributed by atoms with E-state index in [-0.39, 0.29) is 6.09 Å². The molecule has 0 aromatic carbocycles. The van der Waals surface area contributed by atoms with Gasteiger partial charge in [0.1, 0.15) is 5.60 Å². The summed E-state index contributed by atoms with van der Waals surface area (Å²) in [6.07, 6.45) is 0.983. The van der Waals surface area contributed by atoms with Crippen LogP contribution in [-0.2, 0) is 4.74 Å². The van der Waals surface area contributed by atoms with Crippen molar-refractivity contribution in [2.45, 2.75) is 52.7 Å². The summed E-state index contributed by atoms with van der Waals surface area (Å²) >= 11 is 0. The molecule has 4 heteroatoms. The van der Waals surface area contributed by atoms with Gasteiger partial charge in [0.15, 0.2) is 0 Å². The molecular weight excluding hydrogens is 216 g/mol. The number of carbonyl (C=O) groups is 1. The fourth-order valence-corrected chi connectivity index (χ4v) is 2.11. The van der Waals surface area contributed by atoms with Crippen molar-refractivity contribution in [2.24, 2.45) is 0 Å². The second-order valence-electron chi connectivity index (χ2n) is 5.81. The Kier molecular flexibility index (Phi) is 4.80. The summed E-state index contributed by atoms with van der Waals surface area (Å²) in [5.74, 6) is 0. The molecule has 4 nitrogen and oxygen atoms in total. The summed E-state index contributed by atoms with van der Waals surface area (Å²) in [4.78, 5) is 16.2. The smallest absolute Gasteiger partial charge is 0.410 e. The van der Waals surface area contributed by atoms with Crippen molar-refractivity contribution in [3.8, 4) is 0 Å². The van der Waals surface area contributed by atoms with Gasteiger partial charge in [0, 0.05) is 25.7 Å². The van der Waals surface area contributed by atoms with Crippen LogP contribution < -0.4 is 0 Å². The lowest BCUT2D eigenvalue weighted by Gasteiger charge is -2.40. The molecule has 0 aliphatic carbocycles. The van der Waals surface area contributed by atoms with E-state index in [0.717, 1.165) is 32.6 Å². The molecule has 100 valence electrons. The van der Waals surface area contributed by atoms with Crippen LogP contribution in [0.3, 0.4) is 0 Å². The van der Waals surface area contributed by atoms with Gasteiger partial charge in [-0.15, -0.1) is 0 Å². The van der Waals surface area contributed by atoms with Crippen LogP contribution in [0.15, 0.2) is 0 Å². The van der Waals surface area contributed by atoms with Crippen molar-refractivity contribution in [1.29, 1.82) is 0 Å². The fraction of sp³-hybridized carbons (Fsp3) is 0.923. The maximum absolute atomic E-state index is 11.9. The highest BCUT2D eigenvalue weighted by atomic mass is 16.6. The van der Waals surface area contributed by atoms with Gasteiger partial charge in [-0.1, -0.05) is 6.92 Å². The van der Waals surface area contributed by atoms with Gasteiger partial charge in [-0.2, -0.15) is 0 Å². The summed E-state index contributed by atoms with van der Waals surface area (Å²) in [5.41, 5.74) is -0.402. The number of ether oxygens (including phenoxy) is 1. The highest BCUT2D eigenvalue weighted by molar-refractivity contribution is 5.68. The van der Waals surface area contributed by atoms with Crippen LogP contribution in [0.2, 0.25) is 0 Å². The molecule has 0 N–H and O–H groups in total. The molecule has 0 radical (unpaired) electrons. The van der Waals surface area contributed by atoms with E-state index in [4.69, 9.17) is 4.74 Å². The molecular formula is C13H26N2O2. The average molecular weight is 242 g/mol. The van der Waals surface area contributed by atoms with Crippen molar-refractivity contribution in [1.82, 2.24) is 9.80 Å². The Labute approximate surface area is 105 Å². The zero-order chi connectivity index (χ0) is 13.1. The number of rotatable bonds is 2. The van der Waals surface area contributed by atoms with Gasteiger partial charge in [0.25, 0.3) is 0 Å². The van der Waals surface area contributed by atoms with E-state index in [0.29, 0.717) is 6.04 Å². The number of hydrogen-bond donors (Lipinski definition) is 0. The van der Waals surface area contributed by atoms with E-state index >= 15 is 0 Å². The second kappa shape index (κ2) is 5.71. The molecule has 1 saturated heterocycles. The third-order valence-corrected chi connectivity index (χ3v) is 2.93. The highest BCUT2D eigenvalue weighted by Crippen LogP contribution is 2.14. The molecule has 0 aromatic rings. The molecule has 1 aliphatic rings. The minimum absolute atomic E-state index is 0.180. The molecule has 0 spiro atoms. The molecule has 1 rings (SSSR count). The minimum atomic E-state index is -0.402. The first-order chi connectivity index (χ1) is 7.83. The van der Waals surface area contributed by atoms with E-state index in [1.54, 1.807) is 0 Å². The van der Waals surface area contributed by atoms with E-state index in [1.165, 1.54) is 0 Å². The van der Waals surface area contributed by atoms with Gasteiger partial charge in [-0.25, -0.2) is 4.79 Å². The van der Waals surface area contributed by atoms with Gasteiger partial charge in [0.2, 0.25) is 0 Å². The number of nitrogens with zero attached hydrogens (tertiary/aromatic N) is 2. The zero-order valence-electron chi connectivity index (χ0n) is 11.8. The van der Waals surface area contributed by atoms with Crippen molar-refractivity contribution in [3.05, 3.63) is 0 Å². The average Bonchev–Trinajstić information content (AvgIpc) is 2.18. The molecule has 1 fully saturated rings. The highest BCUT2D eigenvalue weighted by Gasteiger charge is 2.29. The SMILES string of the molecule is CCCN1CCN(C(=O)OC(C)(C)C)C[C@H]1C. The molecule has 1 heterocycles. The van der Waals surface area contributed by atoms with E-state index in [2.05, 4.69) is 18.7 Å². The van der Waals surface area contributed by atoms with Crippen molar-refractivity contribution < 1.29 is 9.53 Å². The molecule has 1 atom stereocenters. The summed E-state index contributed by atoms with van der Waals surface area (Å²) in [6, 6.07) is 0.427. The molecule has 1 aliphatic heterocycles. The van der Waals surface area contributed by atoms with Gasteiger partial charge >= 0.3 is 6.09 Å². The standard InChI is InChI=1S/C13H26N2O2/c1-6-7-14-8-9-15(10-11(14)2)12(16)17-13(3,4)5/h11H,6-10H2,1-5H3/t11-/m1/s1. The number of piperazine rings is 1. The summed E-state index contributed by atoms with van der Waals surface area (Å²) < 4.78 is 5.39. The molecule has 17 heavy (non-hydrogen) atoms. The first-order valence-electron chi connectivity index (χ1n) is 6.55. The van der Waals surface area contributed by atoms with Crippen LogP contribution in [0.25, 0.3) is 0 Å². The summed E-state index contributed by atoms with van der Waals surface area (Å²) in [5, 5.41) is 0. The van der Waals surface area contributed by atoms with Gasteiger partial charge in [0.05, 0.1) is 0 Å². The monoisotopic (exact) mass is 242 g/mol. The first-order valence-corrected chi connectivity index (χ1v) is 6.55. The van der Waals surface area contributed by atoms with Crippen LogP contribution in [0.4, 0.5) is 4.79 Å². The van der Waals surface area contributed by atoms with Gasteiger partial charge in [-0.3, -0.25) is 4.90 Å². The van der Waals surface area contributed by atoms with E-state index < -0.39 is 5.60 Å². The Morgan fingerprint density at radius 2 is 2.00 bits per heavy atom. The van der Waals surface area contributed by atoms with Crippen LogP contribution in [0.1, 0.15) is 41.0 Å². The quantitative estimate of drug-likeness (QED) is 0.745. The molecule has 0 unspecified atom stereocenters. The van der Waals surface area contributed by atoms with Crippen molar-refractivity contribution >= 4 is 6.09 Å². The second-order valence-corrected chi connectivity index (χ2v) is 5.81. The lowest BCUT2D eigenvalue weighted by Crippen LogP contribution is -2.54. The Morgan fingerprint density at radius 1 is 1.35 bits per heavy atom. The normalized spacial score (nSPS) is 22.6. The third-order valence-electron chi connectivity index (χ3n) is 2.93. The maximum atomic E-state index is 11.9. The predicted molar refractivity (Wildman–Crippen MR) is 69.1 cm³/mol. The predicted octanol–water partition coefficient (Wildman–Crippen LogP) is 2.34. The summed E-state index contributed by atoms with van der Waals surface area (Å²) in [7, 11) is 0. The maximum Gasteiger partial charge on any atom is 0.410 e. The summed E-state index contributed by atoms with van der Waals surface area (Å²) in [6.45, 7) is 13.7. The van der Waals surface area contributed by atoms with Gasteiger partial charge < -0.3 is 9.64 Å². The largest absolute Gasteiger partial charge is 0.444 e. The third kappa shape index (κ3) is 4.54. The Hall–Kier alpha value is -0.770. The molecule has 0 aromatic heterocycles. The zero-order valence-corrected chi connectivity index (χ0v) is 11.8. The van der Waals surface area contributed by atoms with Gasteiger partial charge in [-0.05, 0) is 40.7 Å². The fourth-order valence-electron chi connectivity index (χ4n) is 2.11. The van der Waals surface area contributed by atoms with Crippen LogP contribution in [-0.4, -0.2) is 53.7 Å². The molecule has 1 amide bonds. The Morgan fingerprint density at radius 3 is 2.47 bits per heavy atom. The Balaban J connectivity index is 2.46. The molecule has 0 saturated carbocycles. The first kappa shape index (κ1) is 14.3. The van der Waals surface area contributed by atoms with Crippen LogP contribution in [0, 0.1) is 0 Å². The molecule has 0 bridgehead atoms. The van der Waals surface area contributed by atoms with E-state index in [9.17, 15) is 4.79 Å². The topological polar surface area (TPSA) is 32.8 Å². The Bertz CT molecular complexity index is 261. The minimum Gasteiger partial charge on any atom is -0.444 e. The number of carbonyl (C=O) groups excluding carboxylic acids is 1. The lowest BCUT2D eigenvalue weighted by atomic mass is 10.2. The van der Waals surface area contributed by atoms with Crippen LogP contribution >= 0.6 is 0 Å².